The molecule has 42 heavy (non-hydrogen) atoms. The number of hydrogen-bond acceptors (Lipinski definition) is 9. The maximum atomic E-state index is 13.4. The number of aromatic nitrogens is 3. The molecular weight excluding hydrogens is 571 g/mol. The number of para-hydroxylation sites is 1. The van der Waals surface area contributed by atoms with Crippen molar-refractivity contribution in [3.63, 3.8) is 0 Å². The molecule has 10 nitrogen and oxygen atoms in total. The molecule has 0 amide bonds. The summed E-state index contributed by atoms with van der Waals surface area (Å²) in [4.78, 5) is 10.2. The van der Waals surface area contributed by atoms with E-state index in [0.717, 1.165) is 22.7 Å². The maximum Gasteiger partial charge on any atom is 0.252 e. The first-order valence-electron chi connectivity index (χ1n) is 14.5. The van der Waals surface area contributed by atoms with E-state index in [4.69, 9.17) is 14.6 Å². The molecule has 3 aromatic heterocycles. The fraction of sp³-hybridized carbons (Fsp3) is 0.433. The molecule has 1 aromatic carbocycles. The quantitative estimate of drug-likeness (QED) is 0.290. The van der Waals surface area contributed by atoms with E-state index >= 15 is 0 Å². The summed E-state index contributed by atoms with van der Waals surface area (Å²) in [6.45, 7) is 7.81. The van der Waals surface area contributed by atoms with Crippen molar-refractivity contribution in [3.8, 4) is 21.8 Å². The largest absolute Gasteiger partial charge is 0.355 e. The van der Waals surface area contributed by atoms with Crippen LogP contribution in [-0.2, 0) is 17.1 Å². The number of fused-ring (bicyclic) bond motifs is 1. The molecular formula is C30H35N7O3S2. The lowest BCUT2D eigenvalue weighted by Crippen LogP contribution is -2.52. The zero-order valence-electron chi connectivity index (χ0n) is 24.1. The fourth-order valence-corrected chi connectivity index (χ4v) is 8.89. The molecule has 7 rings (SSSR count). The van der Waals surface area contributed by atoms with Gasteiger partial charge in [0.15, 0.2) is 5.76 Å². The van der Waals surface area contributed by atoms with E-state index in [2.05, 4.69) is 46.3 Å². The van der Waals surface area contributed by atoms with Crippen LogP contribution in [0.3, 0.4) is 0 Å². The first kappa shape index (κ1) is 27.5. The summed E-state index contributed by atoms with van der Waals surface area (Å²) >= 11 is 1.23. The molecule has 0 radical (unpaired) electrons. The molecule has 2 aliphatic heterocycles. The minimum atomic E-state index is -3.57. The SMILES string of the molecule is Cc1cc(-c2ccc(S(=O)(=O)N3CCN(C[C@H](C)N4CN=Cc5cccc(-c6cn(C)nc6C6CC6)c54)CC3)s2)on1. The number of piperazine rings is 1. The van der Waals surface area contributed by atoms with Gasteiger partial charge in [0.2, 0.25) is 0 Å². The second-order valence-electron chi connectivity index (χ2n) is 11.5. The lowest BCUT2D eigenvalue weighted by atomic mass is 9.97. The molecule has 220 valence electrons. The van der Waals surface area contributed by atoms with Crippen molar-refractivity contribution < 1.29 is 12.9 Å². The number of aliphatic imine (C=N–C) groups is 1. The average Bonchev–Trinajstić information content (AvgIpc) is 3.34. The molecule has 0 spiro atoms. The zero-order valence-corrected chi connectivity index (χ0v) is 25.7. The van der Waals surface area contributed by atoms with Crippen molar-refractivity contribution >= 4 is 33.3 Å². The van der Waals surface area contributed by atoms with Crippen LogP contribution in [0.2, 0.25) is 0 Å². The van der Waals surface area contributed by atoms with Gasteiger partial charge in [0, 0.05) is 86.9 Å². The number of nitrogens with zero attached hydrogens (tertiary/aromatic N) is 7. The molecule has 0 N–H and O–H groups in total. The predicted octanol–water partition coefficient (Wildman–Crippen LogP) is 4.58. The number of hydrogen-bond donors (Lipinski definition) is 0. The molecule has 1 aliphatic carbocycles. The number of thiophene rings is 1. The molecule has 3 aliphatic rings. The summed E-state index contributed by atoms with van der Waals surface area (Å²) in [5.74, 6) is 1.15. The van der Waals surface area contributed by atoms with E-state index < -0.39 is 10.0 Å². The highest BCUT2D eigenvalue weighted by Gasteiger charge is 2.34. The van der Waals surface area contributed by atoms with Gasteiger partial charge in [0.1, 0.15) is 10.9 Å². The summed E-state index contributed by atoms with van der Waals surface area (Å²) in [7, 11) is -1.57. The van der Waals surface area contributed by atoms with Gasteiger partial charge in [0.05, 0.1) is 22.0 Å². The molecule has 1 saturated heterocycles. The third kappa shape index (κ3) is 5.10. The van der Waals surface area contributed by atoms with E-state index in [1.165, 1.54) is 46.7 Å². The monoisotopic (exact) mass is 605 g/mol. The lowest BCUT2D eigenvalue weighted by Gasteiger charge is -2.40. The maximum absolute atomic E-state index is 13.4. The highest BCUT2D eigenvalue weighted by molar-refractivity contribution is 7.91. The van der Waals surface area contributed by atoms with E-state index in [9.17, 15) is 8.42 Å². The van der Waals surface area contributed by atoms with Crippen molar-refractivity contribution in [2.24, 2.45) is 12.0 Å². The Balaban J connectivity index is 1.04. The number of benzene rings is 1. The van der Waals surface area contributed by atoms with Gasteiger partial charge in [-0.3, -0.25) is 14.6 Å². The second kappa shape index (κ2) is 10.7. The zero-order chi connectivity index (χ0) is 29.0. The Hall–Kier alpha value is -3.32. The Bertz CT molecular complexity index is 1740. The first-order valence-corrected chi connectivity index (χ1v) is 16.7. The minimum Gasteiger partial charge on any atom is -0.355 e. The molecule has 1 saturated carbocycles. The van der Waals surface area contributed by atoms with Crippen LogP contribution < -0.4 is 4.90 Å². The van der Waals surface area contributed by atoms with E-state index in [1.807, 2.05) is 30.9 Å². The van der Waals surface area contributed by atoms with Crippen LogP contribution in [0.15, 0.2) is 56.3 Å². The van der Waals surface area contributed by atoms with Crippen molar-refractivity contribution in [3.05, 3.63) is 59.5 Å². The summed E-state index contributed by atoms with van der Waals surface area (Å²) in [6.07, 6.45) is 6.55. The Labute approximate surface area is 250 Å². The van der Waals surface area contributed by atoms with Gasteiger partial charge in [-0.25, -0.2) is 8.42 Å². The van der Waals surface area contributed by atoms with Gasteiger partial charge in [-0.2, -0.15) is 9.40 Å². The van der Waals surface area contributed by atoms with Crippen LogP contribution in [0, 0.1) is 6.92 Å². The van der Waals surface area contributed by atoms with Crippen LogP contribution in [0.1, 0.15) is 42.6 Å². The molecule has 5 heterocycles. The van der Waals surface area contributed by atoms with Crippen LogP contribution in [0.5, 0.6) is 0 Å². The second-order valence-corrected chi connectivity index (χ2v) is 14.8. The third-order valence-corrected chi connectivity index (χ3v) is 11.8. The van der Waals surface area contributed by atoms with Gasteiger partial charge >= 0.3 is 0 Å². The molecule has 4 aromatic rings. The van der Waals surface area contributed by atoms with Crippen molar-refractivity contribution in [1.29, 1.82) is 0 Å². The van der Waals surface area contributed by atoms with Crippen LogP contribution in [0.25, 0.3) is 21.8 Å². The van der Waals surface area contributed by atoms with Gasteiger partial charge in [0.25, 0.3) is 10.0 Å². The summed E-state index contributed by atoms with van der Waals surface area (Å²) in [6, 6.07) is 11.9. The highest BCUT2D eigenvalue weighted by atomic mass is 32.2. The van der Waals surface area contributed by atoms with Gasteiger partial charge in [-0.1, -0.05) is 23.4 Å². The molecule has 2 fully saturated rings. The normalized spacial score (nSPS) is 18.9. The molecule has 1 atom stereocenters. The van der Waals surface area contributed by atoms with E-state index in [-0.39, 0.29) is 6.04 Å². The Morgan fingerprint density at radius 3 is 2.64 bits per heavy atom. The standard InChI is InChI=1S/C30H35N7O3S2/c1-20-15-26(40-33-20)27-9-10-28(41-27)42(38,39)36-13-11-35(12-14-36)17-21(2)37-19-31-16-23-5-4-6-24(30(23)37)25-18-34(3)32-29(25)22-7-8-22/h4-6,9-10,15-16,18,21-22H,7-8,11-14,17,19H2,1-3H3/t21-/m0/s1. The number of rotatable bonds is 8. The summed E-state index contributed by atoms with van der Waals surface area (Å²) < 4.78 is 36.1. The smallest absolute Gasteiger partial charge is 0.252 e. The Morgan fingerprint density at radius 2 is 1.90 bits per heavy atom. The highest BCUT2D eigenvalue weighted by Crippen LogP contribution is 2.46. The van der Waals surface area contributed by atoms with Gasteiger partial charge in [-0.15, -0.1) is 11.3 Å². The number of aryl methyl sites for hydroxylation is 2. The van der Waals surface area contributed by atoms with Crippen LogP contribution in [-0.4, -0.2) is 84.2 Å². The van der Waals surface area contributed by atoms with E-state index in [0.29, 0.717) is 48.7 Å². The van der Waals surface area contributed by atoms with Gasteiger partial charge in [-0.05, 0) is 38.8 Å². The molecule has 0 bridgehead atoms. The van der Waals surface area contributed by atoms with Crippen molar-refractivity contribution in [1.82, 2.24) is 24.1 Å². The fourth-order valence-electron chi connectivity index (χ4n) is 6.06. The Kier molecular flexibility index (Phi) is 7.04. The molecule has 12 heteroatoms. The number of sulfonamides is 1. The molecule has 0 unspecified atom stereocenters. The number of anilines is 1. The summed E-state index contributed by atoms with van der Waals surface area (Å²) in [5.41, 5.74) is 6.75. The topological polar surface area (TPSA) is 100 Å². The minimum absolute atomic E-state index is 0.191. The Morgan fingerprint density at radius 1 is 1.10 bits per heavy atom. The van der Waals surface area contributed by atoms with E-state index in [1.54, 1.807) is 16.4 Å². The van der Waals surface area contributed by atoms with Gasteiger partial charge < -0.3 is 9.42 Å². The average molecular weight is 606 g/mol. The third-order valence-electron chi connectivity index (χ3n) is 8.36. The van der Waals surface area contributed by atoms with Crippen molar-refractivity contribution in [2.45, 2.75) is 42.9 Å². The first-order chi connectivity index (χ1) is 20.3. The lowest BCUT2D eigenvalue weighted by molar-refractivity contribution is 0.180. The summed E-state index contributed by atoms with van der Waals surface area (Å²) in [5, 5.41) is 8.74. The van der Waals surface area contributed by atoms with Crippen LogP contribution >= 0.6 is 11.3 Å². The predicted molar refractivity (Wildman–Crippen MR) is 165 cm³/mol. The van der Waals surface area contributed by atoms with Crippen LogP contribution in [0.4, 0.5) is 5.69 Å². The van der Waals surface area contributed by atoms with Crippen molar-refractivity contribution in [2.75, 3.05) is 44.3 Å².